The van der Waals surface area contributed by atoms with Crippen molar-refractivity contribution in [2.45, 2.75) is 32.4 Å². The van der Waals surface area contributed by atoms with E-state index in [1.165, 1.54) is 4.31 Å². The fourth-order valence-corrected chi connectivity index (χ4v) is 4.41. The van der Waals surface area contributed by atoms with Crippen LogP contribution in [0.5, 0.6) is 0 Å². The van der Waals surface area contributed by atoms with Crippen LogP contribution in [0.4, 0.5) is 0 Å². The molecule has 1 fully saturated rings. The summed E-state index contributed by atoms with van der Waals surface area (Å²) < 4.78 is 26.8. The molecule has 1 unspecified atom stereocenters. The Balaban J connectivity index is 1.64. The van der Waals surface area contributed by atoms with Crippen molar-refractivity contribution in [3.05, 3.63) is 30.1 Å². The number of nitrogens with one attached hydrogen (secondary N) is 1. The van der Waals surface area contributed by atoms with Gasteiger partial charge in [0.1, 0.15) is 11.9 Å². The second-order valence-electron chi connectivity index (χ2n) is 6.12. The number of aryl methyl sites for hydroxylation is 1. The third-order valence-electron chi connectivity index (χ3n) is 4.41. The van der Waals surface area contributed by atoms with Crippen molar-refractivity contribution < 1.29 is 13.2 Å². The number of aromatic nitrogens is 2. The number of hydrogen-bond acceptors (Lipinski definition) is 4. The highest BCUT2D eigenvalue weighted by Crippen LogP contribution is 2.20. The fourth-order valence-electron chi connectivity index (χ4n) is 3.29. The van der Waals surface area contributed by atoms with Crippen molar-refractivity contribution in [1.29, 1.82) is 0 Å². The molecule has 1 saturated heterocycles. The molecule has 7 nitrogen and oxygen atoms in total. The van der Waals surface area contributed by atoms with Gasteiger partial charge in [0.25, 0.3) is 0 Å². The van der Waals surface area contributed by atoms with E-state index in [4.69, 9.17) is 0 Å². The van der Waals surface area contributed by atoms with Crippen LogP contribution >= 0.6 is 0 Å². The van der Waals surface area contributed by atoms with Gasteiger partial charge in [0.05, 0.1) is 17.3 Å². The summed E-state index contributed by atoms with van der Waals surface area (Å²) in [4.78, 5) is 16.8. The number of fused-ring (bicyclic) bond motifs is 1. The highest BCUT2D eigenvalue weighted by Gasteiger charge is 2.36. The first-order chi connectivity index (χ1) is 11.4. The monoisotopic (exact) mass is 350 g/mol. The summed E-state index contributed by atoms with van der Waals surface area (Å²) in [5.74, 6) is 0.670. The molecule has 1 aromatic heterocycles. The number of benzene rings is 1. The number of nitrogens with zero attached hydrogens (tertiary/aromatic N) is 3. The molecule has 1 N–H and O–H groups in total. The summed E-state index contributed by atoms with van der Waals surface area (Å²) in [5.41, 5.74) is 1.96. The molecule has 0 aliphatic carbocycles. The summed E-state index contributed by atoms with van der Waals surface area (Å²) in [5, 5.41) is 2.86. The van der Waals surface area contributed by atoms with E-state index in [0.717, 1.165) is 29.5 Å². The number of para-hydroxylation sites is 2. The third-order valence-corrected chi connectivity index (χ3v) is 5.70. The van der Waals surface area contributed by atoms with Crippen molar-refractivity contribution in [3.63, 3.8) is 0 Å². The number of amides is 1. The highest BCUT2D eigenvalue weighted by molar-refractivity contribution is 7.88. The molecule has 1 atom stereocenters. The van der Waals surface area contributed by atoms with Crippen molar-refractivity contribution in [1.82, 2.24) is 19.2 Å². The predicted octanol–water partition coefficient (Wildman–Crippen LogP) is 0.885. The molecule has 1 aliphatic heterocycles. The summed E-state index contributed by atoms with van der Waals surface area (Å²) in [6.07, 6.45) is 2.45. The first kappa shape index (κ1) is 16.9. The minimum absolute atomic E-state index is 0.222. The molecule has 0 saturated carbocycles. The van der Waals surface area contributed by atoms with E-state index in [1.54, 1.807) is 0 Å². The van der Waals surface area contributed by atoms with Crippen LogP contribution in [0.1, 0.15) is 18.7 Å². The summed E-state index contributed by atoms with van der Waals surface area (Å²) in [6.45, 7) is 3.39. The lowest BCUT2D eigenvalue weighted by atomic mass is 10.2. The topological polar surface area (TPSA) is 84.3 Å². The Morgan fingerprint density at radius 1 is 1.38 bits per heavy atom. The summed E-state index contributed by atoms with van der Waals surface area (Å²) in [7, 11) is -3.34. The molecule has 1 aliphatic rings. The van der Waals surface area contributed by atoms with Gasteiger partial charge in [-0.1, -0.05) is 12.1 Å². The van der Waals surface area contributed by atoms with Crippen molar-refractivity contribution in [2.24, 2.45) is 0 Å². The Labute approximate surface area is 141 Å². The van der Waals surface area contributed by atoms with Crippen molar-refractivity contribution >= 4 is 27.0 Å². The minimum atomic E-state index is -3.34. The zero-order valence-corrected chi connectivity index (χ0v) is 14.7. The van der Waals surface area contributed by atoms with Gasteiger partial charge in [0.15, 0.2) is 0 Å². The van der Waals surface area contributed by atoms with Gasteiger partial charge >= 0.3 is 0 Å². The van der Waals surface area contributed by atoms with Crippen LogP contribution < -0.4 is 5.32 Å². The van der Waals surface area contributed by atoms with Crippen LogP contribution in [0.2, 0.25) is 0 Å². The Hall–Kier alpha value is -1.93. The van der Waals surface area contributed by atoms with Gasteiger partial charge in [-0.05, 0) is 31.9 Å². The third kappa shape index (κ3) is 3.29. The van der Waals surface area contributed by atoms with Gasteiger partial charge in [-0.3, -0.25) is 4.79 Å². The maximum absolute atomic E-state index is 12.3. The van der Waals surface area contributed by atoms with Crippen LogP contribution in [-0.4, -0.2) is 53.6 Å². The normalized spacial score (nSPS) is 19.0. The SMILES string of the molecule is Cc1nc2ccccc2n1CCNC(=O)C1CCCN1S(C)(=O)=O. The molecule has 0 bridgehead atoms. The second kappa shape index (κ2) is 6.52. The molecule has 1 aromatic carbocycles. The van der Waals surface area contributed by atoms with E-state index in [1.807, 2.05) is 31.2 Å². The van der Waals surface area contributed by atoms with E-state index in [2.05, 4.69) is 14.9 Å². The Bertz CT molecular complexity index is 859. The number of carbonyl (C=O) groups excluding carboxylic acids is 1. The Morgan fingerprint density at radius 2 is 2.12 bits per heavy atom. The largest absolute Gasteiger partial charge is 0.353 e. The van der Waals surface area contributed by atoms with Crippen LogP contribution in [0.3, 0.4) is 0 Å². The first-order valence-electron chi connectivity index (χ1n) is 8.04. The quantitative estimate of drug-likeness (QED) is 0.868. The fraction of sp³-hybridized carbons (Fsp3) is 0.500. The average molecular weight is 350 g/mol. The van der Waals surface area contributed by atoms with Crippen LogP contribution in [0.25, 0.3) is 11.0 Å². The molecule has 2 heterocycles. The van der Waals surface area contributed by atoms with Crippen molar-refractivity contribution in [3.8, 4) is 0 Å². The van der Waals surface area contributed by atoms with Crippen LogP contribution in [0, 0.1) is 6.92 Å². The molecule has 1 amide bonds. The summed E-state index contributed by atoms with van der Waals surface area (Å²) in [6, 6.07) is 7.28. The molecular weight excluding hydrogens is 328 g/mol. The van der Waals surface area contributed by atoms with Crippen LogP contribution in [-0.2, 0) is 21.4 Å². The molecule has 24 heavy (non-hydrogen) atoms. The molecule has 8 heteroatoms. The summed E-state index contributed by atoms with van der Waals surface area (Å²) >= 11 is 0. The van der Waals surface area contributed by atoms with E-state index in [0.29, 0.717) is 26.1 Å². The smallest absolute Gasteiger partial charge is 0.238 e. The maximum atomic E-state index is 12.3. The lowest BCUT2D eigenvalue weighted by Crippen LogP contribution is -2.46. The Kier molecular flexibility index (Phi) is 4.60. The van der Waals surface area contributed by atoms with Gasteiger partial charge in [-0.15, -0.1) is 0 Å². The average Bonchev–Trinajstić information content (AvgIpc) is 3.12. The maximum Gasteiger partial charge on any atom is 0.238 e. The van der Waals surface area contributed by atoms with Gasteiger partial charge in [-0.25, -0.2) is 13.4 Å². The van der Waals surface area contributed by atoms with Gasteiger partial charge < -0.3 is 9.88 Å². The van der Waals surface area contributed by atoms with Gasteiger partial charge in [-0.2, -0.15) is 4.31 Å². The van der Waals surface area contributed by atoms with Gasteiger partial charge in [0, 0.05) is 19.6 Å². The van der Waals surface area contributed by atoms with E-state index < -0.39 is 16.1 Å². The zero-order valence-electron chi connectivity index (χ0n) is 13.9. The number of hydrogen-bond donors (Lipinski definition) is 1. The zero-order chi connectivity index (χ0) is 17.3. The lowest BCUT2D eigenvalue weighted by Gasteiger charge is -2.21. The number of rotatable bonds is 5. The standard InChI is InChI=1S/C16H22N4O3S/c1-12-18-13-6-3-4-7-14(13)19(12)11-9-17-16(21)15-8-5-10-20(15)24(2,22)23/h3-4,6-7,15H,5,8-11H2,1-2H3,(H,17,21). The van der Waals surface area contributed by atoms with E-state index >= 15 is 0 Å². The Morgan fingerprint density at radius 3 is 2.88 bits per heavy atom. The molecule has 3 rings (SSSR count). The molecule has 0 spiro atoms. The number of imidazole rings is 1. The lowest BCUT2D eigenvalue weighted by molar-refractivity contribution is -0.124. The van der Waals surface area contributed by atoms with E-state index in [-0.39, 0.29) is 5.91 Å². The van der Waals surface area contributed by atoms with E-state index in [9.17, 15) is 13.2 Å². The van der Waals surface area contributed by atoms with Crippen LogP contribution in [0.15, 0.2) is 24.3 Å². The molecule has 130 valence electrons. The highest BCUT2D eigenvalue weighted by atomic mass is 32.2. The predicted molar refractivity (Wildman–Crippen MR) is 92.1 cm³/mol. The van der Waals surface area contributed by atoms with Crippen molar-refractivity contribution in [2.75, 3.05) is 19.3 Å². The number of sulfonamides is 1. The molecular formula is C16H22N4O3S. The number of carbonyl (C=O) groups is 1. The second-order valence-corrected chi connectivity index (χ2v) is 8.06. The van der Waals surface area contributed by atoms with Gasteiger partial charge in [0.2, 0.25) is 15.9 Å². The minimum Gasteiger partial charge on any atom is -0.353 e. The first-order valence-corrected chi connectivity index (χ1v) is 9.89. The molecule has 0 radical (unpaired) electrons. The molecule has 2 aromatic rings.